The lowest BCUT2D eigenvalue weighted by Gasteiger charge is -2.19. The molecule has 0 radical (unpaired) electrons. The number of likely N-dealkylation sites (tertiary alicyclic amines) is 1. The van der Waals surface area contributed by atoms with E-state index in [4.69, 9.17) is 4.74 Å². The Morgan fingerprint density at radius 3 is 2.80 bits per heavy atom. The molecule has 1 aromatic carbocycles. The van der Waals surface area contributed by atoms with E-state index in [1.165, 1.54) is 20.0 Å². The van der Waals surface area contributed by atoms with Crippen LogP contribution in [0.1, 0.15) is 24.8 Å². The van der Waals surface area contributed by atoms with E-state index in [0.717, 1.165) is 18.5 Å². The lowest BCUT2D eigenvalue weighted by molar-refractivity contribution is -0.119. The van der Waals surface area contributed by atoms with Crippen molar-refractivity contribution in [1.82, 2.24) is 10.2 Å². The summed E-state index contributed by atoms with van der Waals surface area (Å²) in [5, 5.41) is 8.48. The number of nitrogens with one attached hydrogen (secondary N) is 3. The molecule has 0 spiro atoms. The maximum Gasteiger partial charge on any atom is 0.319 e. The van der Waals surface area contributed by atoms with Crippen LogP contribution >= 0.6 is 0 Å². The summed E-state index contributed by atoms with van der Waals surface area (Å²) in [6, 6.07) is 5.71. The maximum absolute atomic E-state index is 12.1. The third kappa shape index (κ3) is 6.03. The van der Waals surface area contributed by atoms with Crippen LogP contribution in [0.15, 0.2) is 18.2 Å². The Balaban J connectivity index is 1.83. The van der Waals surface area contributed by atoms with Gasteiger partial charge in [-0.25, -0.2) is 4.79 Å². The van der Waals surface area contributed by atoms with Crippen molar-refractivity contribution in [2.24, 2.45) is 0 Å². The first-order chi connectivity index (χ1) is 12.0. The molecule has 0 saturated carbocycles. The second kappa shape index (κ2) is 9.39. The number of rotatable bonds is 7. The zero-order chi connectivity index (χ0) is 18.2. The molecule has 138 valence electrons. The fraction of sp³-hybridized carbons (Fsp3) is 0.556. The van der Waals surface area contributed by atoms with Crippen molar-refractivity contribution < 1.29 is 14.3 Å². The molecule has 2 rings (SSSR count). The predicted octanol–water partition coefficient (Wildman–Crippen LogP) is 2.19. The second-order valence-corrected chi connectivity index (χ2v) is 6.46. The number of nitrogens with zero attached hydrogens (tertiary/aromatic N) is 1. The highest BCUT2D eigenvalue weighted by Gasteiger charge is 2.20. The number of urea groups is 1. The molecule has 1 fully saturated rings. The van der Waals surface area contributed by atoms with Gasteiger partial charge in [-0.2, -0.15) is 0 Å². The van der Waals surface area contributed by atoms with Crippen LogP contribution in [0.25, 0.3) is 0 Å². The Kier molecular flexibility index (Phi) is 7.21. The Labute approximate surface area is 149 Å². The van der Waals surface area contributed by atoms with Crippen LogP contribution in [0, 0.1) is 6.92 Å². The van der Waals surface area contributed by atoms with E-state index in [0.29, 0.717) is 24.0 Å². The van der Waals surface area contributed by atoms with Crippen LogP contribution in [-0.2, 0) is 9.53 Å². The molecule has 7 nitrogen and oxygen atoms in total. The smallest absolute Gasteiger partial charge is 0.319 e. The lowest BCUT2D eigenvalue weighted by atomic mass is 10.1. The van der Waals surface area contributed by atoms with E-state index in [2.05, 4.69) is 27.9 Å². The highest BCUT2D eigenvalue weighted by molar-refractivity contribution is 5.94. The van der Waals surface area contributed by atoms with Crippen LogP contribution in [0.2, 0.25) is 0 Å². The minimum absolute atomic E-state index is 0.00720. The van der Waals surface area contributed by atoms with E-state index in [1.54, 1.807) is 12.1 Å². The number of ether oxygens (including phenoxy) is 1. The molecule has 3 N–H and O–H groups in total. The summed E-state index contributed by atoms with van der Waals surface area (Å²) >= 11 is 0. The minimum Gasteiger partial charge on any atom is -0.375 e. The zero-order valence-corrected chi connectivity index (χ0v) is 15.2. The lowest BCUT2D eigenvalue weighted by Crippen LogP contribution is -2.34. The second-order valence-electron chi connectivity index (χ2n) is 6.46. The van der Waals surface area contributed by atoms with E-state index < -0.39 is 0 Å². The number of hydrogen-bond acceptors (Lipinski definition) is 4. The van der Waals surface area contributed by atoms with Gasteiger partial charge in [-0.15, -0.1) is 0 Å². The Hall–Kier alpha value is -2.12. The highest BCUT2D eigenvalue weighted by Crippen LogP contribution is 2.20. The van der Waals surface area contributed by atoms with E-state index in [-0.39, 0.29) is 18.5 Å². The number of carbonyl (C=O) groups excluding carboxylic acids is 2. The summed E-state index contributed by atoms with van der Waals surface area (Å²) < 4.78 is 4.79. The third-order valence-electron chi connectivity index (χ3n) is 4.48. The first-order valence-corrected chi connectivity index (χ1v) is 8.64. The molecule has 1 atom stereocenters. The number of carbonyl (C=O) groups is 2. The molecule has 1 aliphatic heterocycles. The molecule has 0 aliphatic carbocycles. The number of aryl methyl sites for hydroxylation is 1. The van der Waals surface area contributed by atoms with Crippen molar-refractivity contribution in [3.63, 3.8) is 0 Å². The Morgan fingerprint density at radius 1 is 1.32 bits per heavy atom. The van der Waals surface area contributed by atoms with Crippen molar-refractivity contribution >= 4 is 23.3 Å². The van der Waals surface area contributed by atoms with Crippen LogP contribution in [0.4, 0.5) is 16.2 Å². The molecule has 0 bridgehead atoms. The molecule has 3 amide bonds. The van der Waals surface area contributed by atoms with Gasteiger partial charge < -0.3 is 25.6 Å². The Bertz CT molecular complexity index is 606. The summed E-state index contributed by atoms with van der Waals surface area (Å²) in [6.07, 6.45) is 3.38. The predicted molar refractivity (Wildman–Crippen MR) is 99.0 cm³/mol. The normalized spacial score (nSPS) is 17.3. The van der Waals surface area contributed by atoms with Crippen molar-refractivity contribution in [3.8, 4) is 0 Å². The van der Waals surface area contributed by atoms with Gasteiger partial charge >= 0.3 is 6.03 Å². The van der Waals surface area contributed by atoms with Crippen molar-refractivity contribution in [3.05, 3.63) is 23.8 Å². The van der Waals surface area contributed by atoms with Crippen LogP contribution in [-0.4, -0.2) is 56.7 Å². The average Bonchev–Trinajstić information content (AvgIpc) is 2.96. The van der Waals surface area contributed by atoms with Crippen LogP contribution in [0.5, 0.6) is 0 Å². The summed E-state index contributed by atoms with van der Waals surface area (Å²) in [4.78, 5) is 26.0. The van der Waals surface area contributed by atoms with Crippen molar-refractivity contribution in [2.75, 3.05) is 44.5 Å². The monoisotopic (exact) mass is 348 g/mol. The molecule has 0 aromatic heterocycles. The number of methoxy groups -OCH3 is 1. The number of amides is 3. The van der Waals surface area contributed by atoms with Gasteiger partial charge in [0.25, 0.3) is 0 Å². The first kappa shape index (κ1) is 19.2. The molecule has 7 heteroatoms. The molecule has 1 saturated heterocycles. The number of hydrogen-bond donors (Lipinski definition) is 3. The molecule has 25 heavy (non-hydrogen) atoms. The summed E-state index contributed by atoms with van der Waals surface area (Å²) in [7, 11) is 3.60. The van der Waals surface area contributed by atoms with Gasteiger partial charge in [-0.1, -0.05) is 6.07 Å². The molecule has 1 heterocycles. The van der Waals surface area contributed by atoms with Crippen LogP contribution in [0.3, 0.4) is 0 Å². The van der Waals surface area contributed by atoms with E-state index in [1.807, 2.05) is 13.0 Å². The molecular weight excluding hydrogens is 320 g/mol. The fourth-order valence-electron chi connectivity index (χ4n) is 3.03. The largest absolute Gasteiger partial charge is 0.375 e. The van der Waals surface area contributed by atoms with Crippen LogP contribution < -0.4 is 16.0 Å². The number of anilines is 2. The highest BCUT2D eigenvalue weighted by atomic mass is 16.5. The van der Waals surface area contributed by atoms with Gasteiger partial charge in [0.2, 0.25) is 5.91 Å². The zero-order valence-electron chi connectivity index (χ0n) is 15.2. The van der Waals surface area contributed by atoms with Gasteiger partial charge in [-0.3, -0.25) is 4.79 Å². The molecule has 1 aromatic rings. The summed E-state index contributed by atoms with van der Waals surface area (Å²) in [6.45, 7) is 3.68. The molecule has 0 unspecified atom stereocenters. The van der Waals surface area contributed by atoms with Gasteiger partial charge in [-0.05, 0) is 57.5 Å². The topological polar surface area (TPSA) is 82.7 Å². The quantitative estimate of drug-likeness (QED) is 0.705. The molecular formula is C18H28N4O3. The SMILES string of the molecule is COCC(=O)Nc1ccc(C)c(NC(=O)NCC[C@H]2CCCN2C)c1. The van der Waals surface area contributed by atoms with E-state index >= 15 is 0 Å². The number of benzene rings is 1. The average molecular weight is 348 g/mol. The van der Waals surface area contributed by atoms with Gasteiger partial charge in [0.15, 0.2) is 0 Å². The molecule has 1 aliphatic rings. The minimum atomic E-state index is -0.234. The Morgan fingerprint density at radius 2 is 2.12 bits per heavy atom. The summed E-state index contributed by atoms with van der Waals surface area (Å²) in [5.41, 5.74) is 2.22. The maximum atomic E-state index is 12.1. The fourth-order valence-corrected chi connectivity index (χ4v) is 3.03. The van der Waals surface area contributed by atoms with Gasteiger partial charge in [0.1, 0.15) is 6.61 Å². The van der Waals surface area contributed by atoms with Gasteiger partial charge in [0.05, 0.1) is 0 Å². The third-order valence-corrected chi connectivity index (χ3v) is 4.48. The van der Waals surface area contributed by atoms with Crippen molar-refractivity contribution in [2.45, 2.75) is 32.2 Å². The van der Waals surface area contributed by atoms with Crippen molar-refractivity contribution in [1.29, 1.82) is 0 Å². The van der Waals surface area contributed by atoms with E-state index in [9.17, 15) is 9.59 Å². The van der Waals surface area contributed by atoms with Gasteiger partial charge in [0, 0.05) is 31.1 Å². The summed E-state index contributed by atoms with van der Waals surface area (Å²) in [5.74, 6) is -0.234. The standard InChI is InChI=1S/C18H28N4O3/c1-13-6-7-14(20-17(23)12-25-3)11-16(13)21-18(24)19-9-8-15-5-4-10-22(15)2/h6-7,11,15H,4-5,8-10,12H2,1-3H3,(H,20,23)(H2,19,21,24)/t15-/m1/s1. The first-order valence-electron chi connectivity index (χ1n) is 8.64.